The van der Waals surface area contributed by atoms with Gasteiger partial charge in [-0.3, -0.25) is 14.9 Å². The molecule has 6 nitrogen and oxygen atoms in total. The third kappa shape index (κ3) is 5.71. The topological polar surface area (TPSA) is 84.0 Å². The van der Waals surface area contributed by atoms with Crippen molar-refractivity contribution in [2.24, 2.45) is 5.41 Å². The van der Waals surface area contributed by atoms with Crippen molar-refractivity contribution in [1.82, 2.24) is 15.5 Å². The fourth-order valence-electron chi connectivity index (χ4n) is 2.60. The first-order valence-electron chi connectivity index (χ1n) is 9.37. The number of nitrogens with zero attached hydrogens (tertiary/aromatic N) is 2. The van der Waals surface area contributed by atoms with Crippen LogP contribution in [0.3, 0.4) is 0 Å². The van der Waals surface area contributed by atoms with Gasteiger partial charge in [0.2, 0.25) is 16.9 Å². The van der Waals surface area contributed by atoms with E-state index in [1.54, 1.807) is 0 Å². The normalized spacial score (nSPS) is 12.2. The monoisotopic (exact) mass is 408 g/mol. The van der Waals surface area contributed by atoms with Gasteiger partial charge in [0.05, 0.1) is 0 Å². The number of rotatable bonds is 6. The van der Waals surface area contributed by atoms with Crippen LogP contribution < -0.4 is 10.6 Å². The predicted octanol–water partition coefficient (Wildman–Crippen LogP) is 3.92. The third-order valence-corrected chi connectivity index (χ3v) is 5.15. The molecule has 2 N–H and O–H groups in total. The van der Waals surface area contributed by atoms with Crippen molar-refractivity contribution in [1.29, 1.82) is 0 Å². The van der Waals surface area contributed by atoms with Gasteiger partial charge in [-0.1, -0.05) is 92.8 Å². The van der Waals surface area contributed by atoms with Crippen molar-refractivity contribution in [2.45, 2.75) is 33.2 Å². The molecule has 0 fully saturated rings. The summed E-state index contributed by atoms with van der Waals surface area (Å²) in [5.41, 5.74) is 1.30. The van der Waals surface area contributed by atoms with Crippen LogP contribution in [0.4, 0.5) is 5.13 Å². The lowest BCUT2D eigenvalue weighted by Gasteiger charge is -2.23. The summed E-state index contributed by atoms with van der Waals surface area (Å²) in [6, 6.07) is 18.5. The predicted molar refractivity (Wildman–Crippen MR) is 116 cm³/mol. The molecule has 3 rings (SSSR count). The molecule has 150 valence electrons. The van der Waals surface area contributed by atoms with Crippen LogP contribution in [0.5, 0.6) is 0 Å². The van der Waals surface area contributed by atoms with Gasteiger partial charge < -0.3 is 5.32 Å². The molecule has 1 unspecified atom stereocenters. The maximum absolute atomic E-state index is 12.9. The van der Waals surface area contributed by atoms with Gasteiger partial charge in [-0.25, -0.2) is 0 Å². The summed E-state index contributed by atoms with van der Waals surface area (Å²) in [4.78, 5) is 25.4. The zero-order chi connectivity index (χ0) is 20.9. The lowest BCUT2D eigenvalue weighted by molar-refractivity contribution is -0.132. The highest BCUT2D eigenvalue weighted by molar-refractivity contribution is 7.18. The van der Waals surface area contributed by atoms with Crippen LogP contribution in [0.2, 0.25) is 0 Å². The highest BCUT2D eigenvalue weighted by Gasteiger charge is 2.28. The summed E-state index contributed by atoms with van der Waals surface area (Å²) in [5, 5.41) is 15.0. The molecule has 0 saturated heterocycles. The summed E-state index contributed by atoms with van der Waals surface area (Å²) < 4.78 is 0. The number of hydrogen-bond donors (Lipinski definition) is 2. The fourth-order valence-corrected chi connectivity index (χ4v) is 3.35. The van der Waals surface area contributed by atoms with Crippen molar-refractivity contribution in [3.63, 3.8) is 0 Å². The van der Waals surface area contributed by atoms with E-state index in [0.29, 0.717) is 11.6 Å². The van der Waals surface area contributed by atoms with Crippen molar-refractivity contribution in [2.75, 3.05) is 5.32 Å². The standard InChI is InChI=1S/C22H24N4O2S/c1-22(2,3)20(28)23-17(14-15-10-6-4-7-11-15)18(27)24-21-26-25-19(29-21)16-12-8-5-9-13-16/h4-13,17H,14H2,1-3H3,(H,23,28)(H,24,26,27). The Hall–Kier alpha value is -3.06. The minimum atomic E-state index is -0.715. The van der Waals surface area contributed by atoms with Gasteiger partial charge in [-0.2, -0.15) is 0 Å². The first-order chi connectivity index (χ1) is 13.8. The first-order valence-corrected chi connectivity index (χ1v) is 10.2. The minimum absolute atomic E-state index is 0.184. The molecule has 1 atom stereocenters. The van der Waals surface area contributed by atoms with Crippen LogP contribution in [0.1, 0.15) is 26.3 Å². The molecular formula is C22H24N4O2S. The van der Waals surface area contributed by atoms with E-state index < -0.39 is 11.5 Å². The van der Waals surface area contributed by atoms with E-state index in [-0.39, 0.29) is 11.8 Å². The maximum Gasteiger partial charge on any atom is 0.249 e. The van der Waals surface area contributed by atoms with E-state index in [9.17, 15) is 9.59 Å². The second-order valence-electron chi connectivity index (χ2n) is 7.73. The zero-order valence-electron chi connectivity index (χ0n) is 16.7. The molecule has 2 aromatic carbocycles. The summed E-state index contributed by atoms with van der Waals surface area (Å²) >= 11 is 1.30. The van der Waals surface area contributed by atoms with Gasteiger partial charge in [0.25, 0.3) is 0 Å². The van der Waals surface area contributed by atoms with Gasteiger partial charge in [-0.05, 0) is 5.56 Å². The number of hydrogen-bond acceptors (Lipinski definition) is 5. The highest BCUT2D eigenvalue weighted by Crippen LogP contribution is 2.26. The zero-order valence-corrected chi connectivity index (χ0v) is 17.5. The molecule has 7 heteroatoms. The third-order valence-electron chi connectivity index (χ3n) is 4.26. The maximum atomic E-state index is 12.9. The van der Waals surface area contributed by atoms with Crippen molar-refractivity contribution < 1.29 is 9.59 Å². The summed E-state index contributed by atoms with van der Waals surface area (Å²) in [6.45, 7) is 5.45. The SMILES string of the molecule is CC(C)(C)C(=O)NC(Cc1ccccc1)C(=O)Nc1nnc(-c2ccccc2)s1. The van der Waals surface area contributed by atoms with Gasteiger partial charge in [0.1, 0.15) is 11.0 Å². The van der Waals surface area contributed by atoms with Gasteiger partial charge in [0.15, 0.2) is 0 Å². The van der Waals surface area contributed by atoms with E-state index in [1.165, 1.54) is 11.3 Å². The first kappa shape index (κ1) is 20.7. The van der Waals surface area contributed by atoms with Crippen LogP contribution in [0.15, 0.2) is 60.7 Å². The minimum Gasteiger partial charge on any atom is -0.344 e. The molecule has 0 aliphatic rings. The second kappa shape index (κ2) is 8.96. The number of nitrogens with one attached hydrogen (secondary N) is 2. The molecular weight excluding hydrogens is 384 g/mol. The van der Waals surface area contributed by atoms with E-state index in [1.807, 2.05) is 81.4 Å². The van der Waals surface area contributed by atoms with Crippen LogP contribution in [0.25, 0.3) is 10.6 Å². The Morgan fingerprint density at radius 1 is 0.966 bits per heavy atom. The lowest BCUT2D eigenvalue weighted by atomic mass is 9.94. The number of aromatic nitrogens is 2. The number of anilines is 1. The van der Waals surface area contributed by atoms with E-state index in [4.69, 9.17) is 0 Å². The molecule has 0 bridgehead atoms. The average Bonchev–Trinajstić information content (AvgIpc) is 3.16. The number of benzene rings is 2. The van der Waals surface area contributed by atoms with Crippen LogP contribution in [-0.4, -0.2) is 28.1 Å². The van der Waals surface area contributed by atoms with Crippen LogP contribution >= 0.6 is 11.3 Å². The van der Waals surface area contributed by atoms with E-state index >= 15 is 0 Å². The molecule has 0 saturated carbocycles. The largest absolute Gasteiger partial charge is 0.344 e. The Morgan fingerprint density at radius 2 is 1.59 bits per heavy atom. The molecule has 0 aliphatic heterocycles. The number of carbonyl (C=O) groups excluding carboxylic acids is 2. The molecule has 29 heavy (non-hydrogen) atoms. The van der Waals surface area contributed by atoms with E-state index in [0.717, 1.165) is 16.1 Å². The van der Waals surface area contributed by atoms with Gasteiger partial charge in [0, 0.05) is 17.4 Å². The summed E-state index contributed by atoms with van der Waals surface area (Å²) in [7, 11) is 0. The van der Waals surface area contributed by atoms with Crippen molar-refractivity contribution in [3.05, 3.63) is 66.2 Å². The number of carbonyl (C=O) groups is 2. The lowest BCUT2D eigenvalue weighted by Crippen LogP contribution is -2.48. The van der Waals surface area contributed by atoms with Crippen LogP contribution in [0, 0.1) is 5.41 Å². The molecule has 0 radical (unpaired) electrons. The van der Waals surface area contributed by atoms with Gasteiger partial charge in [-0.15, -0.1) is 10.2 Å². The Bertz CT molecular complexity index is 965. The van der Waals surface area contributed by atoms with Gasteiger partial charge >= 0.3 is 0 Å². The molecule has 3 aromatic rings. The Labute approximate surface area is 174 Å². The fraction of sp³-hybridized carbons (Fsp3) is 0.273. The van der Waals surface area contributed by atoms with Crippen LogP contribution in [-0.2, 0) is 16.0 Å². The quantitative estimate of drug-likeness (QED) is 0.648. The Morgan fingerprint density at radius 3 is 2.21 bits per heavy atom. The smallest absolute Gasteiger partial charge is 0.249 e. The molecule has 1 heterocycles. The molecule has 0 spiro atoms. The Balaban J connectivity index is 1.75. The summed E-state index contributed by atoms with van der Waals surface area (Å²) in [5.74, 6) is -0.502. The number of amides is 2. The van der Waals surface area contributed by atoms with E-state index in [2.05, 4.69) is 20.8 Å². The molecule has 2 amide bonds. The van der Waals surface area contributed by atoms with Crippen molar-refractivity contribution in [3.8, 4) is 10.6 Å². The molecule has 1 aromatic heterocycles. The highest BCUT2D eigenvalue weighted by atomic mass is 32.1. The molecule has 0 aliphatic carbocycles. The second-order valence-corrected chi connectivity index (χ2v) is 8.71. The average molecular weight is 409 g/mol. The van der Waals surface area contributed by atoms with Crippen molar-refractivity contribution >= 4 is 28.3 Å². The summed E-state index contributed by atoms with van der Waals surface area (Å²) in [6.07, 6.45) is 0.388. The Kier molecular flexibility index (Phi) is 6.39.